The van der Waals surface area contributed by atoms with Gasteiger partial charge in [0.05, 0.1) is 25.3 Å². The van der Waals surface area contributed by atoms with Gasteiger partial charge >= 0.3 is 0 Å². The van der Waals surface area contributed by atoms with Crippen molar-refractivity contribution in [1.29, 1.82) is 0 Å². The molecule has 0 aliphatic rings. The molecule has 3 N–H and O–H groups in total. The Bertz CT molecular complexity index is 1630. The van der Waals surface area contributed by atoms with Crippen LogP contribution in [0.3, 0.4) is 0 Å². The van der Waals surface area contributed by atoms with Crippen LogP contribution in [0.5, 0.6) is 11.5 Å². The van der Waals surface area contributed by atoms with E-state index in [2.05, 4.69) is 30.9 Å². The van der Waals surface area contributed by atoms with E-state index in [9.17, 15) is 0 Å². The van der Waals surface area contributed by atoms with Crippen LogP contribution < -0.4 is 30.3 Å². The van der Waals surface area contributed by atoms with Gasteiger partial charge in [-0.3, -0.25) is 0 Å². The Kier molecular flexibility index (Phi) is 8.28. The smallest absolute Gasteiger partial charge is 0.233 e. The molecule has 5 aromatic rings. The predicted octanol–water partition coefficient (Wildman–Crippen LogP) is 5.25. The number of methoxy groups -OCH3 is 2. The first-order valence-electron chi connectivity index (χ1n) is 12.8. The normalized spacial score (nSPS) is 11.0. The van der Waals surface area contributed by atoms with Crippen molar-refractivity contribution in [3.63, 3.8) is 0 Å². The molecule has 2 heterocycles. The van der Waals surface area contributed by atoms with E-state index in [1.54, 1.807) is 14.2 Å². The molecule has 10 nitrogen and oxygen atoms in total. The van der Waals surface area contributed by atoms with E-state index in [1.807, 2.05) is 79.7 Å². The Morgan fingerprint density at radius 1 is 0.750 bits per heavy atom. The van der Waals surface area contributed by atoms with Gasteiger partial charge in [0.2, 0.25) is 17.8 Å². The van der Waals surface area contributed by atoms with Crippen molar-refractivity contribution in [3.05, 3.63) is 71.2 Å². The van der Waals surface area contributed by atoms with Gasteiger partial charge in [0.25, 0.3) is 0 Å². The van der Waals surface area contributed by atoms with Gasteiger partial charge in [-0.15, -0.1) is 0 Å². The standard InChI is InChI=1S/C29H31ClN8O2/c1-38(2)29-36-27(35-28(37-29)33-19-6-8-20(39-3)9-7-19)32-14-13-31-17-24-22-11-5-18(30)15-26(22)34-25-12-10-21(40-4)16-23(24)25/h5-12,15-16,31H,13-14,17H2,1-4H3,(H2,32,33,35,36,37). The van der Waals surface area contributed by atoms with Gasteiger partial charge in [0, 0.05) is 55.2 Å². The molecule has 3 aromatic carbocycles. The van der Waals surface area contributed by atoms with Crippen molar-refractivity contribution in [3.8, 4) is 11.5 Å². The SMILES string of the molecule is COc1ccc(Nc2nc(NCCNCc3c4ccc(Cl)cc4nc4ccc(OC)cc34)nc(N(C)C)n2)cc1. The second-order valence-electron chi connectivity index (χ2n) is 9.27. The fourth-order valence-corrected chi connectivity index (χ4v) is 4.44. The third kappa shape index (κ3) is 6.24. The molecule has 0 saturated carbocycles. The first kappa shape index (κ1) is 27.2. The Balaban J connectivity index is 1.28. The van der Waals surface area contributed by atoms with E-state index in [0.29, 0.717) is 42.5 Å². The number of hydrogen-bond donors (Lipinski definition) is 3. The molecule has 0 bridgehead atoms. The van der Waals surface area contributed by atoms with Gasteiger partial charge in [-0.2, -0.15) is 15.0 Å². The average molecular weight is 559 g/mol. The molecule has 0 amide bonds. The second kappa shape index (κ2) is 12.2. The topological polar surface area (TPSA) is 109 Å². The molecular weight excluding hydrogens is 528 g/mol. The van der Waals surface area contributed by atoms with Crippen molar-refractivity contribution in [2.24, 2.45) is 0 Å². The predicted molar refractivity (Wildman–Crippen MR) is 161 cm³/mol. The summed E-state index contributed by atoms with van der Waals surface area (Å²) in [6.45, 7) is 1.92. The van der Waals surface area contributed by atoms with Crippen molar-refractivity contribution in [1.82, 2.24) is 25.3 Å². The van der Waals surface area contributed by atoms with Crippen LogP contribution in [-0.2, 0) is 6.54 Å². The maximum Gasteiger partial charge on any atom is 0.233 e. The van der Waals surface area contributed by atoms with Crippen molar-refractivity contribution in [2.75, 3.05) is 56.9 Å². The van der Waals surface area contributed by atoms with Crippen LogP contribution in [0.25, 0.3) is 21.8 Å². The van der Waals surface area contributed by atoms with Gasteiger partial charge < -0.3 is 30.3 Å². The number of nitrogens with zero attached hydrogens (tertiary/aromatic N) is 5. The number of rotatable bonds is 11. The summed E-state index contributed by atoms with van der Waals surface area (Å²) in [5.41, 5.74) is 3.73. The van der Waals surface area contributed by atoms with E-state index in [0.717, 1.165) is 44.6 Å². The number of hydrogen-bond acceptors (Lipinski definition) is 10. The summed E-state index contributed by atoms with van der Waals surface area (Å²) in [6.07, 6.45) is 0. The van der Waals surface area contributed by atoms with Gasteiger partial charge in [-0.25, -0.2) is 4.98 Å². The number of nitrogens with one attached hydrogen (secondary N) is 3. The molecule has 11 heteroatoms. The van der Waals surface area contributed by atoms with Gasteiger partial charge in [0.1, 0.15) is 11.5 Å². The van der Waals surface area contributed by atoms with Crippen molar-refractivity contribution in [2.45, 2.75) is 6.54 Å². The van der Waals surface area contributed by atoms with Crippen LogP contribution in [0.1, 0.15) is 5.56 Å². The number of aromatic nitrogens is 4. The minimum atomic E-state index is 0.446. The van der Waals surface area contributed by atoms with E-state index in [1.165, 1.54) is 0 Å². The summed E-state index contributed by atoms with van der Waals surface area (Å²) in [5, 5.41) is 12.8. The Morgan fingerprint density at radius 3 is 2.25 bits per heavy atom. The van der Waals surface area contributed by atoms with Gasteiger partial charge in [-0.1, -0.05) is 17.7 Å². The van der Waals surface area contributed by atoms with Crippen LogP contribution in [-0.4, -0.2) is 61.3 Å². The van der Waals surface area contributed by atoms with Gasteiger partial charge in [0.15, 0.2) is 0 Å². The Hall–Kier alpha value is -4.41. The lowest BCUT2D eigenvalue weighted by Crippen LogP contribution is -2.23. The average Bonchev–Trinajstić information content (AvgIpc) is 2.96. The first-order valence-corrected chi connectivity index (χ1v) is 13.2. The molecule has 0 radical (unpaired) electrons. The molecule has 0 saturated heterocycles. The number of halogens is 1. The van der Waals surface area contributed by atoms with E-state index < -0.39 is 0 Å². The molecule has 5 rings (SSSR count). The largest absolute Gasteiger partial charge is 0.497 e. The summed E-state index contributed by atoms with van der Waals surface area (Å²) in [7, 11) is 7.09. The minimum Gasteiger partial charge on any atom is -0.497 e. The fourth-order valence-electron chi connectivity index (χ4n) is 4.28. The lowest BCUT2D eigenvalue weighted by atomic mass is 10.0. The third-order valence-corrected chi connectivity index (χ3v) is 6.55. The number of pyridine rings is 1. The molecule has 0 unspecified atom stereocenters. The maximum atomic E-state index is 6.26. The molecule has 206 valence electrons. The number of anilines is 4. The Labute approximate surface area is 237 Å². The lowest BCUT2D eigenvalue weighted by molar-refractivity contribution is 0.415. The highest BCUT2D eigenvalue weighted by molar-refractivity contribution is 6.31. The van der Waals surface area contributed by atoms with E-state index in [-0.39, 0.29) is 0 Å². The molecule has 0 aliphatic carbocycles. The van der Waals surface area contributed by atoms with E-state index in [4.69, 9.17) is 26.1 Å². The fraction of sp³-hybridized carbons (Fsp3) is 0.241. The quantitative estimate of drug-likeness (QED) is 0.147. The molecule has 0 fully saturated rings. The van der Waals surface area contributed by atoms with Crippen LogP contribution in [0, 0.1) is 0 Å². The summed E-state index contributed by atoms with van der Waals surface area (Å²) in [4.78, 5) is 20.3. The highest BCUT2D eigenvalue weighted by Gasteiger charge is 2.12. The summed E-state index contributed by atoms with van der Waals surface area (Å²) in [6, 6.07) is 19.3. The number of fused-ring (bicyclic) bond motifs is 2. The van der Waals surface area contributed by atoms with Crippen molar-refractivity contribution < 1.29 is 9.47 Å². The second-order valence-corrected chi connectivity index (χ2v) is 9.71. The summed E-state index contributed by atoms with van der Waals surface area (Å²) < 4.78 is 10.7. The highest BCUT2D eigenvalue weighted by Crippen LogP contribution is 2.30. The minimum absolute atomic E-state index is 0.446. The van der Waals surface area contributed by atoms with Gasteiger partial charge in [-0.05, 0) is 60.2 Å². The zero-order valence-corrected chi connectivity index (χ0v) is 23.6. The number of ether oxygens (including phenoxy) is 2. The van der Waals surface area contributed by atoms with Crippen LogP contribution in [0.4, 0.5) is 23.5 Å². The molecular formula is C29H31ClN8O2. The zero-order chi connectivity index (χ0) is 28.1. The third-order valence-electron chi connectivity index (χ3n) is 6.31. The van der Waals surface area contributed by atoms with Crippen molar-refractivity contribution >= 4 is 56.9 Å². The molecule has 0 spiro atoms. The van der Waals surface area contributed by atoms with E-state index >= 15 is 0 Å². The monoisotopic (exact) mass is 558 g/mol. The molecule has 0 atom stereocenters. The summed E-state index contributed by atoms with van der Waals surface area (Å²) in [5.74, 6) is 3.04. The molecule has 40 heavy (non-hydrogen) atoms. The summed E-state index contributed by atoms with van der Waals surface area (Å²) >= 11 is 6.26. The lowest BCUT2D eigenvalue weighted by Gasteiger charge is -2.15. The zero-order valence-electron chi connectivity index (χ0n) is 22.8. The van der Waals surface area contributed by atoms with Crippen LogP contribution in [0.2, 0.25) is 5.02 Å². The first-order chi connectivity index (χ1) is 19.4. The molecule has 2 aromatic heterocycles. The molecule has 0 aliphatic heterocycles. The van der Waals surface area contributed by atoms with Crippen LogP contribution in [0.15, 0.2) is 60.7 Å². The highest BCUT2D eigenvalue weighted by atomic mass is 35.5. The Morgan fingerprint density at radius 2 is 1.50 bits per heavy atom. The maximum absolute atomic E-state index is 6.26. The number of benzene rings is 3. The van der Waals surface area contributed by atoms with Crippen LogP contribution >= 0.6 is 11.6 Å².